The number of carboxylic acid groups (broad SMARTS) is 1. The molecule has 1 amide bonds. The maximum absolute atomic E-state index is 11.8. The lowest BCUT2D eigenvalue weighted by Crippen LogP contribution is -2.51. The van der Waals surface area contributed by atoms with Crippen molar-refractivity contribution in [2.24, 2.45) is 5.41 Å². The van der Waals surface area contributed by atoms with Crippen LogP contribution in [-0.4, -0.2) is 35.9 Å². The molecule has 126 valence electrons. The van der Waals surface area contributed by atoms with Crippen LogP contribution in [0.2, 0.25) is 0 Å². The summed E-state index contributed by atoms with van der Waals surface area (Å²) in [5.74, 6) is -0.919. The number of benzene rings is 1. The van der Waals surface area contributed by atoms with Gasteiger partial charge in [0.15, 0.2) is 0 Å². The largest absolute Gasteiger partial charge is 0.481 e. The summed E-state index contributed by atoms with van der Waals surface area (Å²) in [6.45, 7) is 4.26. The summed E-state index contributed by atoms with van der Waals surface area (Å²) >= 11 is 0. The van der Waals surface area contributed by atoms with E-state index in [2.05, 4.69) is 5.32 Å². The Labute approximate surface area is 135 Å². The number of rotatable bonds is 5. The van der Waals surface area contributed by atoms with E-state index in [9.17, 15) is 14.7 Å². The highest BCUT2D eigenvalue weighted by atomic mass is 16.5. The molecular weight excluding hydrogens is 298 g/mol. The van der Waals surface area contributed by atoms with E-state index in [0.717, 1.165) is 5.56 Å². The Morgan fingerprint density at radius 2 is 2.00 bits per heavy atom. The Bertz CT molecular complexity index is 557. The number of amides is 1. The van der Waals surface area contributed by atoms with Crippen molar-refractivity contribution in [3.63, 3.8) is 0 Å². The molecule has 2 N–H and O–H groups in total. The average molecular weight is 321 g/mol. The van der Waals surface area contributed by atoms with E-state index < -0.39 is 23.1 Å². The van der Waals surface area contributed by atoms with Crippen molar-refractivity contribution in [3.8, 4) is 0 Å². The first kappa shape index (κ1) is 17.3. The minimum Gasteiger partial charge on any atom is -0.481 e. The zero-order chi connectivity index (χ0) is 16.9. The van der Waals surface area contributed by atoms with Gasteiger partial charge in [-0.25, -0.2) is 4.79 Å². The summed E-state index contributed by atoms with van der Waals surface area (Å²) < 4.78 is 10.7. The third-order valence-corrected chi connectivity index (χ3v) is 4.08. The van der Waals surface area contributed by atoms with Crippen molar-refractivity contribution >= 4 is 12.1 Å². The number of hydrogen-bond donors (Lipinski definition) is 2. The molecule has 0 aliphatic carbocycles. The molecule has 1 aromatic rings. The van der Waals surface area contributed by atoms with Crippen molar-refractivity contribution in [1.29, 1.82) is 0 Å². The zero-order valence-corrected chi connectivity index (χ0v) is 13.5. The van der Waals surface area contributed by atoms with Gasteiger partial charge >= 0.3 is 12.1 Å². The van der Waals surface area contributed by atoms with Crippen LogP contribution in [0.15, 0.2) is 30.3 Å². The van der Waals surface area contributed by atoms with Gasteiger partial charge in [0.1, 0.15) is 6.61 Å². The van der Waals surface area contributed by atoms with Gasteiger partial charge in [-0.05, 0) is 32.3 Å². The van der Waals surface area contributed by atoms with Crippen molar-refractivity contribution in [2.45, 2.75) is 38.9 Å². The lowest BCUT2D eigenvalue weighted by atomic mass is 9.74. The monoisotopic (exact) mass is 321 g/mol. The number of carbonyl (C=O) groups excluding carboxylic acids is 1. The first-order valence-electron chi connectivity index (χ1n) is 7.65. The molecule has 1 saturated heterocycles. The number of hydrogen-bond acceptors (Lipinski definition) is 4. The van der Waals surface area contributed by atoms with Crippen LogP contribution in [-0.2, 0) is 20.9 Å². The van der Waals surface area contributed by atoms with Crippen LogP contribution in [0, 0.1) is 5.41 Å². The molecule has 23 heavy (non-hydrogen) atoms. The number of carbonyl (C=O) groups is 2. The second-order valence-electron chi connectivity index (χ2n) is 6.54. The summed E-state index contributed by atoms with van der Waals surface area (Å²) in [7, 11) is 0. The second kappa shape index (κ2) is 7.00. The molecule has 0 spiro atoms. The fourth-order valence-electron chi connectivity index (χ4n) is 2.90. The van der Waals surface area contributed by atoms with Gasteiger partial charge < -0.3 is 19.9 Å². The van der Waals surface area contributed by atoms with Crippen LogP contribution in [0.3, 0.4) is 0 Å². The highest BCUT2D eigenvalue weighted by Gasteiger charge is 2.46. The predicted octanol–water partition coefficient (Wildman–Crippen LogP) is 2.57. The van der Waals surface area contributed by atoms with Crippen molar-refractivity contribution in [1.82, 2.24) is 5.32 Å². The Kier molecular flexibility index (Phi) is 5.26. The predicted molar refractivity (Wildman–Crippen MR) is 84.0 cm³/mol. The molecule has 0 radical (unpaired) electrons. The molecule has 1 aromatic carbocycles. The number of nitrogens with one attached hydrogen (secondary N) is 1. The normalized spacial score (nSPS) is 23.0. The van der Waals surface area contributed by atoms with Gasteiger partial charge in [0.25, 0.3) is 0 Å². The molecule has 6 heteroatoms. The van der Waals surface area contributed by atoms with E-state index in [-0.39, 0.29) is 13.2 Å². The van der Waals surface area contributed by atoms with E-state index in [0.29, 0.717) is 19.4 Å². The van der Waals surface area contributed by atoms with Gasteiger partial charge in [-0.15, -0.1) is 0 Å². The number of alkyl carbamates (subject to hydrolysis) is 1. The van der Waals surface area contributed by atoms with Crippen molar-refractivity contribution in [3.05, 3.63) is 35.9 Å². The molecule has 6 nitrogen and oxygen atoms in total. The molecule has 1 heterocycles. The smallest absolute Gasteiger partial charge is 0.407 e. The van der Waals surface area contributed by atoms with Crippen LogP contribution in [0.5, 0.6) is 0 Å². The molecule has 1 atom stereocenters. The number of aliphatic carboxylic acids is 1. The quantitative estimate of drug-likeness (QED) is 0.870. The molecular formula is C17H23NO5. The summed E-state index contributed by atoms with van der Waals surface area (Å²) in [5, 5.41) is 12.2. The van der Waals surface area contributed by atoms with E-state index in [1.165, 1.54) is 0 Å². The second-order valence-corrected chi connectivity index (χ2v) is 6.54. The minimum atomic E-state index is -1.02. The first-order chi connectivity index (χ1) is 10.8. The zero-order valence-electron chi connectivity index (χ0n) is 13.5. The fraction of sp³-hybridized carbons (Fsp3) is 0.529. The third-order valence-electron chi connectivity index (χ3n) is 4.08. The fourth-order valence-corrected chi connectivity index (χ4v) is 2.90. The highest BCUT2D eigenvalue weighted by molar-refractivity contribution is 5.76. The minimum absolute atomic E-state index is 0.0305. The van der Waals surface area contributed by atoms with Crippen molar-refractivity contribution < 1.29 is 24.2 Å². The summed E-state index contributed by atoms with van der Waals surface area (Å²) in [4.78, 5) is 23.5. The van der Waals surface area contributed by atoms with Gasteiger partial charge in [-0.3, -0.25) is 4.79 Å². The first-order valence-corrected chi connectivity index (χ1v) is 7.65. The van der Waals surface area contributed by atoms with Gasteiger partial charge in [0.2, 0.25) is 0 Å². The van der Waals surface area contributed by atoms with Crippen LogP contribution >= 0.6 is 0 Å². The van der Waals surface area contributed by atoms with Crippen LogP contribution in [0.1, 0.15) is 32.3 Å². The average Bonchev–Trinajstić information content (AvgIpc) is 2.51. The molecule has 0 bridgehead atoms. The highest BCUT2D eigenvalue weighted by Crippen LogP contribution is 2.38. The van der Waals surface area contributed by atoms with E-state index >= 15 is 0 Å². The molecule has 1 unspecified atom stereocenters. The molecule has 1 aliphatic heterocycles. The summed E-state index contributed by atoms with van der Waals surface area (Å²) in [6.07, 6.45) is 0.0951. The van der Waals surface area contributed by atoms with E-state index in [1.54, 1.807) is 0 Å². The number of carboxylic acids is 1. The maximum atomic E-state index is 11.8. The topological polar surface area (TPSA) is 84.9 Å². The van der Waals surface area contributed by atoms with Crippen LogP contribution in [0.25, 0.3) is 0 Å². The lowest BCUT2D eigenvalue weighted by Gasteiger charge is -2.42. The number of ether oxygens (including phenoxy) is 2. The standard InChI is InChI=1S/C17H23NO5/c1-16(2)11-17(14(19)20,8-9-23-16)12-18-15(21)22-10-13-6-4-3-5-7-13/h3-7H,8-12H2,1-2H3,(H,18,21)(H,19,20). The molecule has 0 saturated carbocycles. The SMILES string of the molecule is CC1(C)CC(CNC(=O)OCc2ccccc2)(C(=O)O)CCO1. The van der Waals surface area contributed by atoms with Crippen LogP contribution in [0.4, 0.5) is 4.79 Å². The summed E-state index contributed by atoms with van der Waals surface area (Å²) in [6, 6.07) is 9.31. The van der Waals surface area contributed by atoms with Gasteiger partial charge in [-0.2, -0.15) is 0 Å². The van der Waals surface area contributed by atoms with Gasteiger partial charge in [-0.1, -0.05) is 30.3 Å². The van der Waals surface area contributed by atoms with E-state index in [4.69, 9.17) is 9.47 Å². The molecule has 1 aliphatic rings. The van der Waals surface area contributed by atoms with Gasteiger partial charge in [0.05, 0.1) is 11.0 Å². The third kappa shape index (κ3) is 4.69. The molecule has 1 fully saturated rings. The lowest BCUT2D eigenvalue weighted by molar-refractivity contribution is -0.166. The van der Waals surface area contributed by atoms with Crippen LogP contribution < -0.4 is 5.32 Å². The van der Waals surface area contributed by atoms with E-state index in [1.807, 2.05) is 44.2 Å². The Balaban J connectivity index is 1.89. The van der Waals surface area contributed by atoms with Crippen molar-refractivity contribution in [2.75, 3.05) is 13.2 Å². The Morgan fingerprint density at radius 3 is 2.61 bits per heavy atom. The summed E-state index contributed by atoms with van der Waals surface area (Å²) in [5.41, 5.74) is -0.664. The van der Waals surface area contributed by atoms with Gasteiger partial charge in [0, 0.05) is 13.2 Å². The maximum Gasteiger partial charge on any atom is 0.407 e. The molecule has 0 aromatic heterocycles. The molecule has 2 rings (SSSR count). The Hall–Kier alpha value is -2.08. The Morgan fingerprint density at radius 1 is 1.30 bits per heavy atom.